The number of hydrogen-bond acceptors (Lipinski definition) is 4. The predicted octanol–water partition coefficient (Wildman–Crippen LogP) is 2.75. The molecule has 118 valence electrons. The minimum atomic E-state index is -0.387. The molecule has 1 heterocycles. The van der Waals surface area contributed by atoms with E-state index in [2.05, 4.69) is 11.4 Å². The highest BCUT2D eigenvalue weighted by Gasteiger charge is 2.15. The number of hydrogen-bond donors (Lipinski definition) is 1. The van der Waals surface area contributed by atoms with Crippen LogP contribution in [0.1, 0.15) is 22.5 Å². The maximum Gasteiger partial charge on any atom is 0.293 e. The molecule has 0 unspecified atom stereocenters. The van der Waals surface area contributed by atoms with Crippen molar-refractivity contribution in [1.29, 1.82) is 5.26 Å². The van der Waals surface area contributed by atoms with E-state index in [9.17, 15) is 4.79 Å². The first kappa shape index (κ1) is 16.7. The van der Waals surface area contributed by atoms with Crippen molar-refractivity contribution >= 4 is 23.2 Å². The minimum Gasteiger partial charge on any atom is -0.459 e. The third-order valence-electron chi connectivity index (χ3n) is 3.26. The molecule has 0 saturated carbocycles. The largest absolute Gasteiger partial charge is 0.459 e. The zero-order valence-corrected chi connectivity index (χ0v) is 13.4. The highest BCUT2D eigenvalue weighted by molar-refractivity contribution is 7.80. The number of furan rings is 1. The van der Waals surface area contributed by atoms with Crippen molar-refractivity contribution < 1.29 is 9.21 Å². The Bertz CT molecular complexity index is 678. The van der Waals surface area contributed by atoms with E-state index in [1.807, 2.05) is 35.2 Å². The molecular formula is C17H17N3O2S. The zero-order chi connectivity index (χ0) is 16.5. The summed E-state index contributed by atoms with van der Waals surface area (Å²) in [5.41, 5.74) is 1.18. The summed E-state index contributed by atoms with van der Waals surface area (Å²) in [6, 6.07) is 15.3. The maximum absolute atomic E-state index is 12.0. The Balaban J connectivity index is 1.95. The van der Waals surface area contributed by atoms with Gasteiger partial charge in [0.2, 0.25) is 0 Å². The zero-order valence-electron chi connectivity index (χ0n) is 12.6. The Morgan fingerprint density at radius 3 is 2.65 bits per heavy atom. The van der Waals surface area contributed by atoms with Gasteiger partial charge in [0.05, 0.1) is 18.8 Å². The van der Waals surface area contributed by atoms with Crippen molar-refractivity contribution in [2.75, 3.05) is 13.1 Å². The van der Waals surface area contributed by atoms with Gasteiger partial charge in [-0.25, -0.2) is 0 Å². The monoisotopic (exact) mass is 327 g/mol. The van der Waals surface area contributed by atoms with Gasteiger partial charge in [0.15, 0.2) is 10.9 Å². The van der Waals surface area contributed by atoms with Crippen molar-refractivity contribution in [2.24, 2.45) is 0 Å². The number of nitrogens with one attached hydrogen (secondary N) is 1. The van der Waals surface area contributed by atoms with E-state index in [0.717, 1.165) is 6.42 Å². The van der Waals surface area contributed by atoms with Crippen molar-refractivity contribution in [3.63, 3.8) is 0 Å². The molecule has 0 spiro atoms. The molecule has 1 N–H and O–H groups in total. The minimum absolute atomic E-state index is 0.204. The van der Waals surface area contributed by atoms with Crippen LogP contribution in [0.5, 0.6) is 0 Å². The lowest BCUT2D eigenvalue weighted by molar-refractivity contribution is 0.0946. The highest BCUT2D eigenvalue weighted by Crippen LogP contribution is 2.04. The molecule has 0 aliphatic rings. The molecule has 0 saturated heterocycles. The molecule has 5 nitrogen and oxygen atoms in total. The van der Waals surface area contributed by atoms with E-state index >= 15 is 0 Å². The highest BCUT2D eigenvalue weighted by atomic mass is 32.1. The number of amides is 1. The van der Waals surface area contributed by atoms with E-state index in [-0.39, 0.29) is 11.7 Å². The Morgan fingerprint density at radius 2 is 2.00 bits per heavy atom. The van der Waals surface area contributed by atoms with Crippen LogP contribution in [0.3, 0.4) is 0 Å². The third kappa shape index (κ3) is 5.24. The van der Waals surface area contributed by atoms with Crippen molar-refractivity contribution in [3.8, 4) is 6.07 Å². The SMILES string of the molecule is N#CCCN(CCc1ccccc1)C(=S)NC(=O)c1ccco1. The second-order valence-electron chi connectivity index (χ2n) is 4.87. The predicted molar refractivity (Wildman–Crippen MR) is 90.7 cm³/mol. The molecule has 6 heteroatoms. The molecule has 0 radical (unpaired) electrons. The lowest BCUT2D eigenvalue weighted by Crippen LogP contribution is -2.43. The molecule has 1 aromatic heterocycles. The fourth-order valence-corrected chi connectivity index (χ4v) is 2.33. The van der Waals surface area contributed by atoms with Gasteiger partial charge in [-0.1, -0.05) is 30.3 Å². The fourth-order valence-electron chi connectivity index (χ4n) is 2.05. The third-order valence-corrected chi connectivity index (χ3v) is 3.62. The van der Waals surface area contributed by atoms with E-state index in [1.165, 1.54) is 11.8 Å². The van der Waals surface area contributed by atoms with Crippen LogP contribution in [-0.4, -0.2) is 29.0 Å². The first-order valence-electron chi connectivity index (χ1n) is 7.25. The van der Waals surface area contributed by atoms with Crippen molar-refractivity contribution in [1.82, 2.24) is 10.2 Å². The number of thiocarbonyl (C=S) groups is 1. The summed E-state index contributed by atoms with van der Waals surface area (Å²) < 4.78 is 5.04. The molecule has 0 fully saturated rings. The molecule has 2 rings (SSSR count). The molecular weight excluding hydrogens is 310 g/mol. The number of carbonyl (C=O) groups excluding carboxylic acids is 1. The molecule has 1 amide bonds. The average molecular weight is 327 g/mol. The number of benzene rings is 1. The summed E-state index contributed by atoms with van der Waals surface area (Å²) in [4.78, 5) is 13.8. The number of nitriles is 1. The van der Waals surface area contributed by atoms with Gasteiger partial charge in [-0.05, 0) is 36.3 Å². The Labute approximate surface area is 140 Å². The van der Waals surface area contributed by atoms with Gasteiger partial charge in [0.25, 0.3) is 5.91 Å². The molecule has 23 heavy (non-hydrogen) atoms. The van der Waals surface area contributed by atoms with Gasteiger partial charge in [0, 0.05) is 13.1 Å². The quantitative estimate of drug-likeness (QED) is 0.826. The molecule has 0 aliphatic heterocycles. The van der Waals surface area contributed by atoms with E-state index in [1.54, 1.807) is 12.1 Å². The Morgan fingerprint density at radius 1 is 1.22 bits per heavy atom. The maximum atomic E-state index is 12.0. The van der Waals surface area contributed by atoms with Crippen LogP contribution < -0.4 is 5.32 Å². The number of carbonyl (C=O) groups is 1. The summed E-state index contributed by atoms with van der Waals surface area (Å²) in [6.45, 7) is 1.10. The lowest BCUT2D eigenvalue weighted by atomic mass is 10.1. The van der Waals surface area contributed by atoms with Crippen LogP contribution >= 0.6 is 12.2 Å². The van der Waals surface area contributed by atoms with Gasteiger partial charge < -0.3 is 9.32 Å². The van der Waals surface area contributed by atoms with Crippen LogP contribution in [0.25, 0.3) is 0 Å². The summed E-state index contributed by atoms with van der Waals surface area (Å²) in [5, 5.41) is 11.7. The fraction of sp³-hybridized carbons (Fsp3) is 0.235. The second kappa shape index (κ2) is 8.71. The van der Waals surface area contributed by atoms with Gasteiger partial charge in [0.1, 0.15) is 0 Å². The smallest absolute Gasteiger partial charge is 0.293 e. The molecule has 1 aromatic carbocycles. The molecule has 0 atom stereocenters. The summed E-state index contributed by atoms with van der Waals surface area (Å²) in [6.07, 6.45) is 2.55. The summed E-state index contributed by atoms with van der Waals surface area (Å²) in [5.74, 6) is -0.183. The molecule has 0 bridgehead atoms. The molecule has 0 aliphatic carbocycles. The lowest BCUT2D eigenvalue weighted by Gasteiger charge is -2.24. The van der Waals surface area contributed by atoms with E-state index < -0.39 is 0 Å². The van der Waals surface area contributed by atoms with Crippen LogP contribution in [0.15, 0.2) is 53.1 Å². The number of nitrogens with zero attached hydrogens (tertiary/aromatic N) is 2. The van der Waals surface area contributed by atoms with Crippen molar-refractivity contribution in [2.45, 2.75) is 12.8 Å². The Kier molecular flexibility index (Phi) is 6.33. The first-order valence-corrected chi connectivity index (χ1v) is 7.66. The van der Waals surface area contributed by atoms with Crippen LogP contribution in [-0.2, 0) is 6.42 Å². The standard InChI is InChI=1S/C17H17N3O2S/c18-10-5-11-20(12-9-14-6-2-1-3-7-14)17(23)19-16(21)15-8-4-13-22-15/h1-4,6-8,13H,5,9,11-12H2,(H,19,21,23). The first-order chi connectivity index (χ1) is 11.2. The van der Waals surface area contributed by atoms with Gasteiger partial charge >= 0.3 is 0 Å². The normalized spacial score (nSPS) is 9.87. The Hall–Kier alpha value is -2.65. The van der Waals surface area contributed by atoms with Gasteiger partial charge in [-0.2, -0.15) is 5.26 Å². The van der Waals surface area contributed by atoms with Crippen LogP contribution in [0.2, 0.25) is 0 Å². The second-order valence-corrected chi connectivity index (χ2v) is 5.25. The topological polar surface area (TPSA) is 69.3 Å². The van der Waals surface area contributed by atoms with E-state index in [4.69, 9.17) is 21.9 Å². The number of rotatable bonds is 6. The average Bonchev–Trinajstić information content (AvgIpc) is 3.10. The van der Waals surface area contributed by atoms with Crippen LogP contribution in [0, 0.1) is 11.3 Å². The summed E-state index contributed by atoms with van der Waals surface area (Å²) in [7, 11) is 0. The van der Waals surface area contributed by atoms with Crippen molar-refractivity contribution in [3.05, 3.63) is 60.1 Å². The van der Waals surface area contributed by atoms with Gasteiger partial charge in [-0.3, -0.25) is 10.1 Å². The van der Waals surface area contributed by atoms with Gasteiger partial charge in [-0.15, -0.1) is 0 Å². The van der Waals surface area contributed by atoms with Crippen LogP contribution in [0.4, 0.5) is 0 Å². The summed E-state index contributed by atoms with van der Waals surface area (Å²) >= 11 is 5.30. The van der Waals surface area contributed by atoms with E-state index in [0.29, 0.717) is 24.6 Å². The molecule has 2 aromatic rings.